The molecule has 3 amide bonds. The number of nitrogens with zero attached hydrogens (tertiary/aromatic N) is 1. The van der Waals surface area contributed by atoms with Crippen LogP contribution in [0, 0.1) is 5.82 Å². The fourth-order valence-corrected chi connectivity index (χ4v) is 2.59. The Morgan fingerprint density at radius 2 is 2.00 bits per heavy atom. The number of piperidine rings is 1. The molecule has 0 aromatic heterocycles. The van der Waals surface area contributed by atoms with Crippen LogP contribution >= 0.6 is 15.9 Å². The number of nitrogens with two attached hydrogens (primary N) is 1. The number of hydrogen-bond donors (Lipinski definition) is 2. The average molecular weight is 344 g/mol. The lowest BCUT2D eigenvalue weighted by atomic mass is 10.0. The highest BCUT2D eigenvalue weighted by atomic mass is 79.9. The SMILES string of the molecule is NC(=O)NC1CCN(C(=O)c2ccc(Br)cc2F)CC1. The first-order valence-electron chi connectivity index (χ1n) is 6.27. The summed E-state index contributed by atoms with van der Waals surface area (Å²) in [6.45, 7) is 0.943. The van der Waals surface area contributed by atoms with Gasteiger partial charge < -0.3 is 16.0 Å². The number of carbonyl (C=O) groups is 2. The Bertz CT molecular complexity index is 530. The van der Waals surface area contributed by atoms with Crippen molar-refractivity contribution in [2.75, 3.05) is 13.1 Å². The molecule has 1 saturated heterocycles. The Hall–Kier alpha value is -1.63. The Balaban J connectivity index is 1.99. The molecular formula is C13H15BrFN3O2. The van der Waals surface area contributed by atoms with Gasteiger partial charge in [-0.3, -0.25) is 4.79 Å². The van der Waals surface area contributed by atoms with Crippen LogP contribution in [0.1, 0.15) is 23.2 Å². The monoisotopic (exact) mass is 343 g/mol. The molecule has 3 N–H and O–H groups in total. The molecule has 7 heteroatoms. The van der Waals surface area contributed by atoms with Gasteiger partial charge in [-0.2, -0.15) is 0 Å². The van der Waals surface area contributed by atoms with Crippen molar-refractivity contribution in [3.8, 4) is 0 Å². The van der Waals surface area contributed by atoms with E-state index >= 15 is 0 Å². The van der Waals surface area contributed by atoms with E-state index in [1.165, 1.54) is 12.1 Å². The first kappa shape index (κ1) is 14.8. The number of urea groups is 1. The lowest BCUT2D eigenvalue weighted by Gasteiger charge is -2.32. The number of benzene rings is 1. The minimum Gasteiger partial charge on any atom is -0.352 e. The zero-order valence-corrected chi connectivity index (χ0v) is 12.3. The molecule has 0 aliphatic carbocycles. The van der Waals surface area contributed by atoms with E-state index in [0.717, 1.165) is 0 Å². The van der Waals surface area contributed by atoms with Crippen LogP contribution < -0.4 is 11.1 Å². The molecule has 1 heterocycles. The number of hydrogen-bond acceptors (Lipinski definition) is 2. The molecule has 0 spiro atoms. The molecule has 0 radical (unpaired) electrons. The summed E-state index contributed by atoms with van der Waals surface area (Å²) >= 11 is 3.16. The smallest absolute Gasteiger partial charge is 0.312 e. The second kappa shape index (κ2) is 6.21. The lowest BCUT2D eigenvalue weighted by Crippen LogP contribution is -2.48. The molecule has 5 nitrogen and oxygen atoms in total. The van der Waals surface area contributed by atoms with Crippen LogP contribution in [0.2, 0.25) is 0 Å². The molecule has 0 saturated carbocycles. The highest BCUT2D eigenvalue weighted by Gasteiger charge is 2.25. The Morgan fingerprint density at radius 1 is 1.35 bits per heavy atom. The van der Waals surface area contributed by atoms with Gasteiger partial charge in [0.2, 0.25) is 0 Å². The van der Waals surface area contributed by atoms with Crippen LogP contribution in [-0.4, -0.2) is 36.0 Å². The minimum atomic E-state index is -0.561. The Kier molecular flexibility index (Phi) is 4.59. The average Bonchev–Trinajstić information content (AvgIpc) is 2.38. The summed E-state index contributed by atoms with van der Waals surface area (Å²) in [5.74, 6) is -0.866. The first-order valence-corrected chi connectivity index (χ1v) is 7.07. The Morgan fingerprint density at radius 3 is 2.55 bits per heavy atom. The number of halogens is 2. The maximum absolute atomic E-state index is 13.8. The van der Waals surface area contributed by atoms with E-state index in [4.69, 9.17) is 5.73 Å². The second-order valence-corrected chi connectivity index (χ2v) is 5.61. The third kappa shape index (κ3) is 3.47. The van der Waals surface area contributed by atoms with Gasteiger partial charge in [0.15, 0.2) is 0 Å². The number of amides is 3. The maximum atomic E-state index is 13.8. The standard InChI is InChI=1S/C13H15BrFN3O2/c14-8-1-2-10(11(15)7-8)12(19)18-5-3-9(4-6-18)17-13(16)20/h1-2,7,9H,3-6H2,(H3,16,17,20). The van der Waals surface area contributed by atoms with E-state index in [9.17, 15) is 14.0 Å². The molecule has 2 rings (SSSR count). The third-order valence-corrected chi connectivity index (χ3v) is 3.78. The van der Waals surface area contributed by atoms with Crippen LogP contribution in [0.5, 0.6) is 0 Å². The van der Waals surface area contributed by atoms with E-state index in [2.05, 4.69) is 21.2 Å². The van der Waals surface area contributed by atoms with Crippen molar-refractivity contribution >= 4 is 27.9 Å². The quantitative estimate of drug-likeness (QED) is 0.859. The summed E-state index contributed by atoms with van der Waals surface area (Å²) in [5.41, 5.74) is 5.12. The van der Waals surface area contributed by atoms with E-state index in [1.807, 2.05) is 0 Å². The minimum absolute atomic E-state index is 0.0219. The largest absolute Gasteiger partial charge is 0.352 e. The first-order chi connectivity index (χ1) is 9.47. The van der Waals surface area contributed by atoms with Crippen LogP contribution in [0.4, 0.5) is 9.18 Å². The number of nitrogens with one attached hydrogen (secondary N) is 1. The van der Waals surface area contributed by atoms with Gasteiger partial charge in [0.25, 0.3) is 5.91 Å². The van der Waals surface area contributed by atoms with Crippen molar-refractivity contribution < 1.29 is 14.0 Å². The molecule has 20 heavy (non-hydrogen) atoms. The number of primary amides is 1. The van der Waals surface area contributed by atoms with Crippen LogP contribution in [0.25, 0.3) is 0 Å². The number of likely N-dealkylation sites (tertiary alicyclic amines) is 1. The Labute approximate surface area is 124 Å². The van der Waals surface area contributed by atoms with Crippen LogP contribution in [-0.2, 0) is 0 Å². The van der Waals surface area contributed by atoms with Gasteiger partial charge in [-0.1, -0.05) is 15.9 Å². The molecule has 0 bridgehead atoms. The van der Waals surface area contributed by atoms with Gasteiger partial charge in [0, 0.05) is 23.6 Å². The predicted molar refractivity (Wildman–Crippen MR) is 75.7 cm³/mol. The molecule has 0 atom stereocenters. The third-order valence-electron chi connectivity index (χ3n) is 3.29. The highest BCUT2D eigenvalue weighted by Crippen LogP contribution is 2.19. The van der Waals surface area contributed by atoms with Crippen molar-refractivity contribution in [1.29, 1.82) is 0 Å². The molecule has 1 aromatic rings. The summed E-state index contributed by atoms with van der Waals surface area (Å²) < 4.78 is 14.3. The summed E-state index contributed by atoms with van der Waals surface area (Å²) in [7, 11) is 0. The number of rotatable bonds is 2. The molecule has 1 aliphatic rings. The van der Waals surface area contributed by atoms with Gasteiger partial charge >= 0.3 is 6.03 Å². The van der Waals surface area contributed by atoms with Crippen molar-refractivity contribution in [3.05, 3.63) is 34.1 Å². The molecule has 1 aromatic carbocycles. The topological polar surface area (TPSA) is 75.4 Å². The number of carbonyl (C=O) groups excluding carboxylic acids is 2. The predicted octanol–water partition coefficient (Wildman–Crippen LogP) is 1.86. The molecule has 0 unspecified atom stereocenters. The second-order valence-electron chi connectivity index (χ2n) is 4.70. The van der Waals surface area contributed by atoms with E-state index in [0.29, 0.717) is 30.4 Å². The van der Waals surface area contributed by atoms with Gasteiger partial charge in [0.1, 0.15) is 5.82 Å². The fourth-order valence-electron chi connectivity index (χ4n) is 2.26. The van der Waals surface area contributed by atoms with Crippen molar-refractivity contribution in [1.82, 2.24) is 10.2 Å². The molecule has 1 fully saturated rings. The summed E-state index contributed by atoms with van der Waals surface area (Å²) in [6.07, 6.45) is 1.24. The fraction of sp³-hybridized carbons (Fsp3) is 0.385. The summed E-state index contributed by atoms with van der Waals surface area (Å²) in [6, 6.07) is 3.79. The highest BCUT2D eigenvalue weighted by molar-refractivity contribution is 9.10. The maximum Gasteiger partial charge on any atom is 0.312 e. The van der Waals surface area contributed by atoms with Crippen LogP contribution in [0.15, 0.2) is 22.7 Å². The van der Waals surface area contributed by atoms with Gasteiger partial charge in [0.05, 0.1) is 5.56 Å². The van der Waals surface area contributed by atoms with Gasteiger partial charge in [-0.25, -0.2) is 9.18 Å². The van der Waals surface area contributed by atoms with Crippen LogP contribution in [0.3, 0.4) is 0 Å². The van der Waals surface area contributed by atoms with Gasteiger partial charge in [-0.15, -0.1) is 0 Å². The molecular weight excluding hydrogens is 329 g/mol. The molecule has 108 valence electrons. The van der Waals surface area contributed by atoms with E-state index < -0.39 is 11.8 Å². The van der Waals surface area contributed by atoms with Crippen molar-refractivity contribution in [3.63, 3.8) is 0 Å². The normalized spacial score (nSPS) is 16.0. The summed E-state index contributed by atoms with van der Waals surface area (Å²) in [5, 5.41) is 2.62. The van der Waals surface area contributed by atoms with Gasteiger partial charge in [-0.05, 0) is 31.0 Å². The van der Waals surface area contributed by atoms with E-state index in [-0.39, 0.29) is 17.5 Å². The zero-order valence-electron chi connectivity index (χ0n) is 10.7. The zero-order chi connectivity index (χ0) is 14.7. The molecule has 1 aliphatic heterocycles. The lowest BCUT2D eigenvalue weighted by molar-refractivity contribution is 0.0704. The van der Waals surface area contributed by atoms with Crippen molar-refractivity contribution in [2.24, 2.45) is 5.73 Å². The van der Waals surface area contributed by atoms with E-state index in [1.54, 1.807) is 11.0 Å². The summed E-state index contributed by atoms with van der Waals surface area (Å²) in [4.78, 5) is 24.6. The van der Waals surface area contributed by atoms with Crippen molar-refractivity contribution in [2.45, 2.75) is 18.9 Å².